The summed E-state index contributed by atoms with van der Waals surface area (Å²) < 4.78 is 0. The molecular weight excluding hydrogens is 176 g/mol. The summed E-state index contributed by atoms with van der Waals surface area (Å²) in [6, 6.07) is 0.393. The van der Waals surface area contributed by atoms with Gasteiger partial charge in [-0.25, -0.2) is 0 Å². The SMILES string of the molecule is CC(NC(=O)[C@H]1CCCNC1)C1CC1. The van der Waals surface area contributed by atoms with E-state index in [0.29, 0.717) is 6.04 Å². The van der Waals surface area contributed by atoms with Gasteiger partial charge in [0.15, 0.2) is 0 Å². The minimum absolute atomic E-state index is 0.213. The van der Waals surface area contributed by atoms with E-state index in [2.05, 4.69) is 17.6 Å². The molecule has 1 heterocycles. The maximum Gasteiger partial charge on any atom is 0.224 e. The first kappa shape index (κ1) is 9.97. The molecule has 2 aliphatic rings. The van der Waals surface area contributed by atoms with E-state index < -0.39 is 0 Å². The second-order valence-electron chi connectivity index (χ2n) is 4.68. The van der Waals surface area contributed by atoms with E-state index in [1.807, 2.05) is 0 Å². The fraction of sp³-hybridized carbons (Fsp3) is 0.909. The van der Waals surface area contributed by atoms with Crippen molar-refractivity contribution in [1.29, 1.82) is 0 Å². The third kappa shape index (κ3) is 2.47. The molecule has 2 rings (SSSR count). The first-order valence-corrected chi connectivity index (χ1v) is 5.78. The Morgan fingerprint density at radius 2 is 2.21 bits per heavy atom. The molecule has 0 spiro atoms. The number of rotatable bonds is 3. The molecule has 0 radical (unpaired) electrons. The standard InChI is InChI=1S/C11H20N2O/c1-8(9-4-5-9)13-11(14)10-3-2-6-12-7-10/h8-10,12H,2-7H2,1H3,(H,13,14)/t8?,10-/m0/s1. The van der Waals surface area contributed by atoms with Crippen LogP contribution in [0.4, 0.5) is 0 Å². The predicted molar refractivity (Wildman–Crippen MR) is 55.9 cm³/mol. The zero-order chi connectivity index (χ0) is 9.97. The average Bonchev–Trinajstić information content (AvgIpc) is 3.02. The van der Waals surface area contributed by atoms with Gasteiger partial charge in [-0.2, -0.15) is 0 Å². The zero-order valence-corrected chi connectivity index (χ0v) is 8.88. The lowest BCUT2D eigenvalue weighted by molar-refractivity contribution is -0.126. The van der Waals surface area contributed by atoms with Gasteiger partial charge < -0.3 is 10.6 Å². The molecule has 80 valence electrons. The lowest BCUT2D eigenvalue weighted by atomic mass is 9.98. The van der Waals surface area contributed by atoms with Crippen LogP contribution in [0.25, 0.3) is 0 Å². The molecule has 2 atom stereocenters. The molecule has 3 nitrogen and oxygen atoms in total. The van der Waals surface area contributed by atoms with Crippen LogP contribution in [0.3, 0.4) is 0 Å². The smallest absolute Gasteiger partial charge is 0.224 e. The number of carbonyl (C=O) groups excluding carboxylic acids is 1. The molecule has 14 heavy (non-hydrogen) atoms. The summed E-state index contributed by atoms with van der Waals surface area (Å²) in [5.74, 6) is 1.23. The molecule has 1 amide bonds. The summed E-state index contributed by atoms with van der Waals surface area (Å²) in [6.45, 7) is 4.07. The molecule has 1 aliphatic heterocycles. The van der Waals surface area contributed by atoms with Crippen LogP contribution in [-0.4, -0.2) is 25.0 Å². The van der Waals surface area contributed by atoms with Crippen molar-refractivity contribution in [3.05, 3.63) is 0 Å². The molecule has 1 saturated heterocycles. The van der Waals surface area contributed by atoms with Crippen molar-refractivity contribution in [1.82, 2.24) is 10.6 Å². The van der Waals surface area contributed by atoms with Crippen LogP contribution in [0.5, 0.6) is 0 Å². The number of amides is 1. The first-order valence-electron chi connectivity index (χ1n) is 5.78. The number of hydrogen-bond donors (Lipinski definition) is 2. The van der Waals surface area contributed by atoms with Gasteiger partial charge in [-0.1, -0.05) is 0 Å². The fourth-order valence-corrected chi connectivity index (χ4v) is 2.13. The van der Waals surface area contributed by atoms with Gasteiger partial charge in [-0.3, -0.25) is 4.79 Å². The van der Waals surface area contributed by atoms with Crippen molar-refractivity contribution >= 4 is 5.91 Å². The Labute approximate surface area is 85.6 Å². The average molecular weight is 196 g/mol. The van der Waals surface area contributed by atoms with Crippen molar-refractivity contribution in [2.24, 2.45) is 11.8 Å². The topological polar surface area (TPSA) is 41.1 Å². The summed E-state index contributed by atoms with van der Waals surface area (Å²) >= 11 is 0. The molecule has 2 fully saturated rings. The van der Waals surface area contributed by atoms with E-state index >= 15 is 0 Å². The number of piperidine rings is 1. The highest BCUT2D eigenvalue weighted by molar-refractivity contribution is 5.79. The van der Waals surface area contributed by atoms with E-state index in [9.17, 15) is 4.79 Å². The van der Waals surface area contributed by atoms with Gasteiger partial charge >= 0.3 is 0 Å². The van der Waals surface area contributed by atoms with E-state index in [4.69, 9.17) is 0 Å². The lowest BCUT2D eigenvalue weighted by Crippen LogP contribution is -2.44. The normalized spacial score (nSPS) is 29.6. The Bertz CT molecular complexity index is 207. The second-order valence-corrected chi connectivity index (χ2v) is 4.68. The highest BCUT2D eigenvalue weighted by Gasteiger charge is 2.30. The van der Waals surface area contributed by atoms with Gasteiger partial charge in [0.05, 0.1) is 5.92 Å². The van der Waals surface area contributed by atoms with Crippen molar-refractivity contribution in [3.8, 4) is 0 Å². The Kier molecular flexibility index (Phi) is 3.06. The van der Waals surface area contributed by atoms with Crippen LogP contribution >= 0.6 is 0 Å². The monoisotopic (exact) mass is 196 g/mol. The van der Waals surface area contributed by atoms with Crippen LogP contribution < -0.4 is 10.6 Å². The van der Waals surface area contributed by atoms with Crippen molar-refractivity contribution in [2.75, 3.05) is 13.1 Å². The molecule has 1 saturated carbocycles. The first-order chi connectivity index (χ1) is 6.77. The van der Waals surface area contributed by atoms with Crippen LogP contribution in [0, 0.1) is 11.8 Å². The molecule has 1 unspecified atom stereocenters. The van der Waals surface area contributed by atoms with Gasteiger partial charge in [0.1, 0.15) is 0 Å². The maximum atomic E-state index is 11.8. The van der Waals surface area contributed by atoms with E-state index in [1.54, 1.807) is 0 Å². The lowest BCUT2D eigenvalue weighted by Gasteiger charge is -2.23. The van der Waals surface area contributed by atoms with Gasteiger partial charge in [-0.15, -0.1) is 0 Å². The largest absolute Gasteiger partial charge is 0.353 e. The van der Waals surface area contributed by atoms with Gasteiger partial charge in [0, 0.05) is 12.6 Å². The minimum Gasteiger partial charge on any atom is -0.353 e. The molecule has 0 aromatic rings. The zero-order valence-electron chi connectivity index (χ0n) is 8.88. The van der Waals surface area contributed by atoms with Crippen molar-refractivity contribution in [2.45, 2.75) is 38.6 Å². The molecule has 2 N–H and O–H groups in total. The third-order valence-corrected chi connectivity index (χ3v) is 3.37. The van der Waals surface area contributed by atoms with Crippen LogP contribution in [0.2, 0.25) is 0 Å². The Hall–Kier alpha value is -0.570. The van der Waals surface area contributed by atoms with Gasteiger partial charge in [-0.05, 0) is 45.1 Å². The molecule has 0 bridgehead atoms. The Morgan fingerprint density at radius 1 is 1.43 bits per heavy atom. The molecule has 3 heteroatoms. The van der Waals surface area contributed by atoms with Crippen molar-refractivity contribution < 1.29 is 4.79 Å². The minimum atomic E-state index is 0.213. The van der Waals surface area contributed by atoms with Gasteiger partial charge in [0.25, 0.3) is 0 Å². The summed E-state index contributed by atoms with van der Waals surface area (Å²) in [7, 11) is 0. The van der Waals surface area contributed by atoms with Crippen LogP contribution in [-0.2, 0) is 4.79 Å². The Balaban J connectivity index is 1.75. The molecular formula is C11H20N2O. The highest BCUT2D eigenvalue weighted by atomic mass is 16.2. The fourth-order valence-electron chi connectivity index (χ4n) is 2.13. The Morgan fingerprint density at radius 3 is 2.79 bits per heavy atom. The predicted octanol–water partition coefficient (Wildman–Crippen LogP) is 0.901. The summed E-state index contributed by atoms with van der Waals surface area (Å²) in [6.07, 6.45) is 4.78. The quantitative estimate of drug-likeness (QED) is 0.704. The number of hydrogen-bond acceptors (Lipinski definition) is 2. The van der Waals surface area contributed by atoms with Crippen molar-refractivity contribution in [3.63, 3.8) is 0 Å². The highest BCUT2D eigenvalue weighted by Crippen LogP contribution is 2.32. The number of carbonyl (C=O) groups is 1. The number of nitrogens with one attached hydrogen (secondary N) is 2. The summed E-state index contributed by atoms with van der Waals surface area (Å²) in [5.41, 5.74) is 0. The maximum absolute atomic E-state index is 11.8. The summed E-state index contributed by atoms with van der Waals surface area (Å²) in [5, 5.41) is 6.41. The second kappa shape index (κ2) is 4.30. The van der Waals surface area contributed by atoms with Crippen LogP contribution in [0.15, 0.2) is 0 Å². The van der Waals surface area contributed by atoms with Gasteiger partial charge in [0.2, 0.25) is 5.91 Å². The third-order valence-electron chi connectivity index (χ3n) is 3.37. The summed E-state index contributed by atoms with van der Waals surface area (Å²) in [4.78, 5) is 11.8. The van der Waals surface area contributed by atoms with E-state index in [1.165, 1.54) is 12.8 Å². The molecule has 1 aliphatic carbocycles. The van der Waals surface area contributed by atoms with Crippen LogP contribution in [0.1, 0.15) is 32.6 Å². The van der Waals surface area contributed by atoms with E-state index in [0.717, 1.165) is 31.8 Å². The molecule has 0 aromatic carbocycles. The van der Waals surface area contributed by atoms with E-state index in [-0.39, 0.29) is 11.8 Å². The molecule has 0 aromatic heterocycles.